The van der Waals surface area contributed by atoms with Crippen LogP contribution in [0.4, 0.5) is 0 Å². The third-order valence-electron chi connectivity index (χ3n) is 12.1. The molecule has 0 heterocycles. The average Bonchev–Trinajstić information content (AvgIpc) is 3.57. The molecular formula is C53H68Cl2Zr. The van der Waals surface area contributed by atoms with Gasteiger partial charge in [-0.3, -0.25) is 0 Å². The summed E-state index contributed by atoms with van der Waals surface area (Å²) in [4.78, 5) is 0. The summed E-state index contributed by atoms with van der Waals surface area (Å²) in [5.41, 5.74) is 18.0. The van der Waals surface area contributed by atoms with Crippen LogP contribution in [0.2, 0.25) is 0 Å². The van der Waals surface area contributed by atoms with Crippen LogP contribution in [0.25, 0.3) is 11.1 Å². The maximum absolute atomic E-state index is 3.05. The van der Waals surface area contributed by atoms with E-state index in [0.29, 0.717) is 5.92 Å². The third-order valence-corrected chi connectivity index (χ3v) is 20.5. The first-order valence-corrected chi connectivity index (χ1v) is 24.2. The van der Waals surface area contributed by atoms with E-state index in [4.69, 9.17) is 0 Å². The van der Waals surface area contributed by atoms with Crippen molar-refractivity contribution in [3.8, 4) is 11.1 Å². The van der Waals surface area contributed by atoms with Crippen molar-refractivity contribution in [3.63, 3.8) is 0 Å². The molecule has 1 unspecified atom stereocenters. The van der Waals surface area contributed by atoms with Crippen LogP contribution in [-0.2, 0) is 49.3 Å². The molecule has 0 saturated carbocycles. The van der Waals surface area contributed by atoms with E-state index in [-0.39, 0.29) is 51.9 Å². The van der Waals surface area contributed by atoms with Crippen molar-refractivity contribution in [1.29, 1.82) is 0 Å². The molecule has 0 aromatic heterocycles. The SMILES string of the molecule is CC1=[C]([Zr+2](=[C](c2ccc(C(C)(C)C)cc2)c2ccc(C(C)(C)C)cc2)[c]2cc(C(C)(C)C)cc3c2Cc2ccc(C(C)(C)C)cc2-3)C(C)C=C1C(C)(C)C.[Cl-].[Cl-]. The summed E-state index contributed by atoms with van der Waals surface area (Å²) in [5, 5.41) is 0. The first-order valence-electron chi connectivity index (χ1n) is 20.5. The molecule has 0 radical (unpaired) electrons. The smallest absolute Gasteiger partial charge is 1.00 e. The van der Waals surface area contributed by atoms with Gasteiger partial charge in [0.25, 0.3) is 0 Å². The molecule has 6 rings (SSSR count). The Kier molecular flexibility index (Phi) is 13.3. The van der Waals surface area contributed by atoms with E-state index < -0.39 is 21.3 Å². The van der Waals surface area contributed by atoms with Crippen molar-refractivity contribution >= 4 is 6.48 Å². The zero-order chi connectivity index (χ0) is 39.9. The first-order chi connectivity index (χ1) is 24.8. The van der Waals surface area contributed by atoms with Crippen LogP contribution in [0.3, 0.4) is 0 Å². The van der Waals surface area contributed by atoms with E-state index in [1.165, 1.54) is 55.6 Å². The standard InChI is InChI=1S/C21H25.C21H26.C11H17.2ClH.Zr/c1-20(2,3)16-9-7-14-11-15-8-10-17(21(4,5)6)13-19(15)18(14)12-16;1-20(2,3)18-11-7-16(8-12-18)15-17-9-13-19(14-10-17)21(4,5)6;1-8-6-9(2)10(7-8)11(3,4)5;;;/h7,9-10,12-13H,11H2,1-6H3;7-14H,1-6H3;7-8H,1-5H3;2*1H;/q;;;;;+2/p-2. The topological polar surface area (TPSA) is 0 Å². The van der Waals surface area contributed by atoms with E-state index in [1.54, 1.807) is 20.9 Å². The van der Waals surface area contributed by atoms with Crippen LogP contribution in [0.5, 0.6) is 0 Å². The van der Waals surface area contributed by atoms with Gasteiger partial charge in [-0.05, 0) is 0 Å². The summed E-state index contributed by atoms with van der Waals surface area (Å²) in [6.45, 7) is 40.4. The van der Waals surface area contributed by atoms with Gasteiger partial charge in [-0.15, -0.1) is 0 Å². The van der Waals surface area contributed by atoms with Crippen molar-refractivity contribution < 1.29 is 46.1 Å². The van der Waals surface area contributed by atoms with Crippen LogP contribution >= 0.6 is 0 Å². The summed E-state index contributed by atoms with van der Waals surface area (Å²) in [6.07, 6.45) is 3.64. The third kappa shape index (κ3) is 9.12. The molecule has 4 aromatic carbocycles. The fourth-order valence-corrected chi connectivity index (χ4v) is 17.6. The van der Waals surface area contributed by atoms with Gasteiger partial charge in [-0.1, -0.05) is 0 Å². The number of halogens is 2. The maximum Gasteiger partial charge on any atom is -1.00 e. The van der Waals surface area contributed by atoms with E-state index in [0.717, 1.165) is 6.42 Å². The average molecular weight is 867 g/mol. The Hall–Kier alpha value is -2.31. The predicted octanol–water partition coefficient (Wildman–Crippen LogP) is 7.86. The Morgan fingerprint density at radius 1 is 0.518 bits per heavy atom. The van der Waals surface area contributed by atoms with Crippen molar-refractivity contribution in [1.82, 2.24) is 0 Å². The zero-order valence-electron chi connectivity index (χ0n) is 37.6. The molecule has 0 bridgehead atoms. The van der Waals surface area contributed by atoms with Gasteiger partial charge in [0.2, 0.25) is 0 Å². The monoisotopic (exact) mass is 864 g/mol. The fourth-order valence-electron chi connectivity index (χ4n) is 8.71. The second kappa shape index (κ2) is 16.0. The van der Waals surface area contributed by atoms with Crippen molar-refractivity contribution in [2.24, 2.45) is 11.3 Å². The number of rotatable bonds is 4. The maximum atomic E-state index is 2.71. The molecule has 2 aliphatic carbocycles. The molecule has 3 heteroatoms. The first kappa shape index (κ1) is 46.4. The number of benzene rings is 4. The van der Waals surface area contributed by atoms with Crippen LogP contribution in [0, 0.1) is 11.3 Å². The quantitative estimate of drug-likeness (QED) is 0.173. The molecule has 56 heavy (non-hydrogen) atoms. The molecular weight excluding hydrogens is 799 g/mol. The van der Waals surface area contributed by atoms with Crippen molar-refractivity contribution in [2.45, 2.75) is 146 Å². The molecule has 0 amide bonds. The van der Waals surface area contributed by atoms with Gasteiger partial charge in [0.1, 0.15) is 0 Å². The summed E-state index contributed by atoms with van der Waals surface area (Å²) in [7, 11) is 0. The Balaban J connectivity index is 0.00000348. The minimum atomic E-state index is -3.05. The molecule has 0 fully saturated rings. The molecule has 0 nitrogen and oxygen atoms in total. The fraction of sp³-hybridized carbons (Fsp3) is 0.453. The molecule has 0 saturated heterocycles. The molecule has 0 spiro atoms. The van der Waals surface area contributed by atoms with Gasteiger partial charge in [0.15, 0.2) is 0 Å². The van der Waals surface area contributed by atoms with Crippen molar-refractivity contribution in [3.05, 3.63) is 144 Å². The van der Waals surface area contributed by atoms with Crippen LogP contribution in [0.1, 0.15) is 162 Å². The van der Waals surface area contributed by atoms with Gasteiger partial charge >= 0.3 is 340 Å². The Bertz CT molecular complexity index is 2130. The second-order valence-corrected chi connectivity index (χ2v) is 27.4. The molecule has 298 valence electrons. The predicted molar refractivity (Wildman–Crippen MR) is 235 cm³/mol. The molecule has 0 N–H and O–H groups in total. The number of hydrogen-bond acceptors (Lipinski definition) is 0. The van der Waals surface area contributed by atoms with E-state index in [1.807, 2.05) is 0 Å². The van der Waals surface area contributed by atoms with Crippen LogP contribution in [-0.4, -0.2) is 3.21 Å². The number of fused-ring (bicyclic) bond motifs is 3. The zero-order valence-corrected chi connectivity index (χ0v) is 41.6. The Morgan fingerprint density at radius 3 is 1.36 bits per heavy atom. The van der Waals surface area contributed by atoms with Gasteiger partial charge in [0, 0.05) is 0 Å². The van der Waals surface area contributed by atoms with E-state index >= 15 is 0 Å². The van der Waals surface area contributed by atoms with Crippen LogP contribution < -0.4 is 28.1 Å². The normalized spacial score (nSPS) is 15.6. The summed E-state index contributed by atoms with van der Waals surface area (Å²) in [5.74, 6) is 0.400. The molecule has 1 atom stereocenters. The molecule has 4 aromatic rings. The number of allylic oxidation sites excluding steroid dienone is 4. The Labute approximate surface area is 362 Å². The van der Waals surface area contributed by atoms with Gasteiger partial charge in [-0.2, -0.15) is 0 Å². The summed E-state index contributed by atoms with van der Waals surface area (Å²) in [6, 6.07) is 32.2. The minimum Gasteiger partial charge on any atom is -1.00 e. The molecule has 2 aliphatic rings. The van der Waals surface area contributed by atoms with E-state index in [9.17, 15) is 0 Å². The van der Waals surface area contributed by atoms with Gasteiger partial charge in [-0.25, -0.2) is 0 Å². The van der Waals surface area contributed by atoms with Crippen molar-refractivity contribution in [2.75, 3.05) is 0 Å². The van der Waals surface area contributed by atoms with E-state index in [2.05, 4.69) is 203 Å². The number of hydrogen-bond donors (Lipinski definition) is 0. The van der Waals surface area contributed by atoms with Gasteiger partial charge in [0.05, 0.1) is 0 Å². The van der Waals surface area contributed by atoms with Crippen LogP contribution in [0.15, 0.2) is 99.4 Å². The summed E-state index contributed by atoms with van der Waals surface area (Å²) >= 11 is -3.05. The second-order valence-electron chi connectivity index (χ2n) is 21.7. The Morgan fingerprint density at radius 2 is 0.946 bits per heavy atom. The largest absolute Gasteiger partial charge is 1.00 e. The van der Waals surface area contributed by atoms with Gasteiger partial charge < -0.3 is 24.8 Å². The summed E-state index contributed by atoms with van der Waals surface area (Å²) < 4.78 is 5.03. The molecule has 0 aliphatic heterocycles. The minimum absolute atomic E-state index is 0.